The minimum absolute atomic E-state index is 0.404. The van der Waals surface area contributed by atoms with E-state index < -0.39 is 0 Å². The van der Waals surface area contributed by atoms with E-state index in [1.165, 1.54) is 25.9 Å². The maximum absolute atomic E-state index is 5.86. The number of nitrogens with one attached hydrogen (secondary N) is 1. The molecule has 2 aliphatic rings. The van der Waals surface area contributed by atoms with Gasteiger partial charge in [0.05, 0.1) is 12.7 Å². The quantitative estimate of drug-likeness (QED) is 0.803. The molecule has 2 heterocycles. The number of nitrogens with zero attached hydrogens (tertiary/aromatic N) is 2. The lowest BCUT2D eigenvalue weighted by molar-refractivity contribution is -0.0392. The zero-order valence-corrected chi connectivity index (χ0v) is 12.2. The molecule has 2 fully saturated rings. The zero-order chi connectivity index (χ0) is 13.0. The van der Waals surface area contributed by atoms with Gasteiger partial charge in [-0.1, -0.05) is 13.8 Å². The Labute approximate surface area is 112 Å². The molecule has 4 nitrogen and oxygen atoms in total. The first-order valence-corrected chi connectivity index (χ1v) is 7.42. The molecule has 2 aliphatic heterocycles. The highest BCUT2D eigenvalue weighted by atomic mass is 16.5. The Morgan fingerprint density at radius 1 is 1.28 bits per heavy atom. The van der Waals surface area contributed by atoms with Crippen molar-refractivity contribution < 1.29 is 4.74 Å². The Balaban J connectivity index is 1.74. The summed E-state index contributed by atoms with van der Waals surface area (Å²) in [6.07, 6.45) is 3.04. The lowest BCUT2D eigenvalue weighted by Crippen LogP contribution is -2.52. The fourth-order valence-corrected chi connectivity index (χ4v) is 3.09. The third kappa shape index (κ3) is 4.50. The Bertz CT molecular complexity index is 247. The molecule has 0 saturated carbocycles. The van der Waals surface area contributed by atoms with Crippen molar-refractivity contribution in [2.75, 3.05) is 46.4 Å². The first-order chi connectivity index (χ1) is 8.63. The van der Waals surface area contributed by atoms with E-state index in [9.17, 15) is 0 Å². The van der Waals surface area contributed by atoms with E-state index in [-0.39, 0.29) is 0 Å². The van der Waals surface area contributed by atoms with E-state index in [0.29, 0.717) is 18.2 Å². The molecule has 2 atom stereocenters. The summed E-state index contributed by atoms with van der Waals surface area (Å²) < 4.78 is 5.86. The Kier molecular flexibility index (Phi) is 5.42. The topological polar surface area (TPSA) is 27.7 Å². The monoisotopic (exact) mass is 255 g/mol. The van der Waals surface area contributed by atoms with Crippen LogP contribution < -0.4 is 5.32 Å². The molecule has 2 saturated heterocycles. The van der Waals surface area contributed by atoms with Gasteiger partial charge in [-0.3, -0.25) is 4.90 Å². The Morgan fingerprint density at radius 3 is 2.83 bits per heavy atom. The van der Waals surface area contributed by atoms with Crippen LogP contribution in [0.5, 0.6) is 0 Å². The van der Waals surface area contributed by atoms with Crippen molar-refractivity contribution in [3.05, 3.63) is 0 Å². The number of morpholine rings is 1. The van der Waals surface area contributed by atoms with Crippen molar-refractivity contribution in [2.45, 2.75) is 44.9 Å². The van der Waals surface area contributed by atoms with Gasteiger partial charge in [-0.2, -0.15) is 0 Å². The third-order valence-electron chi connectivity index (χ3n) is 3.88. The van der Waals surface area contributed by atoms with Crippen molar-refractivity contribution in [3.63, 3.8) is 0 Å². The lowest BCUT2D eigenvalue weighted by Gasteiger charge is -2.38. The van der Waals surface area contributed by atoms with Crippen LogP contribution in [0, 0.1) is 0 Å². The lowest BCUT2D eigenvalue weighted by atomic mass is 10.0. The summed E-state index contributed by atoms with van der Waals surface area (Å²) >= 11 is 0. The van der Waals surface area contributed by atoms with Gasteiger partial charge in [0, 0.05) is 38.3 Å². The average Bonchev–Trinajstić information content (AvgIpc) is 2.28. The van der Waals surface area contributed by atoms with Crippen molar-refractivity contribution in [1.29, 1.82) is 0 Å². The first-order valence-electron chi connectivity index (χ1n) is 7.42. The largest absolute Gasteiger partial charge is 0.374 e. The summed E-state index contributed by atoms with van der Waals surface area (Å²) in [6, 6.07) is 1.26. The standard InChI is InChI=1S/C14H29N3O/c1-12(2)15-13-5-4-6-17(9-13)11-14-10-16(3)7-8-18-14/h12-15H,4-11H2,1-3H3. The van der Waals surface area contributed by atoms with Gasteiger partial charge in [-0.05, 0) is 26.4 Å². The second-order valence-corrected chi connectivity index (χ2v) is 6.18. The van der Waals surface area contributed by atoms with Crippen LogP contribution >= 0.6 is 0 Å². The Hall–Kier alpha value is -0.160. The van der Waals surface area contributed by atoms with Crippen LogP contribution in [-0.2, 0) is 4.74 Å². The summed E-state index contributed by atoms with van der Waals surface area (Å²) in [5, 5.41) is 3.66. The van der Waals surface area contributed by atoms with E-state index in [2.05, 4.69) is 36.0 Å². The van der Waals surface area contributed by atoms with Gasteiger partial charge in [-0.25, -0.2) is 0 Å². The summed E-state index contributed by atoms with van der Waals surface area (Å²) in [7, 11) is 2.19. The molecule has 0 aliphatic carbocycles. The second-order valence-electron chi connectivity index (χ2n) is 6.18. The van der Waals surface area contributed by atoms with Crippen LogP contribution in [0.1, 0.15) is 26.7 Å². The summed E-state index contributed by atoms with van der Waals surface area (Å²) in [4.78, 5) is 4.95. The minimum atomic E-state index is 0.404. The molecule has 0 spiro atoms. The molecule has 0 amide bonds. The number of piperidine rings is 1. The number of hydrogen-bond acceptors (Lipinski definition) is 4. The fraction of sp³-hybridized carbons (Fsp3) is 1.00. The average molecular weight is 255 g/mol. The number of likely N-dealkylation sites (tertiary alicyclic amines) is 1. The van der Waals surface area contributed by atoms with Crippen LogP contribution in [0.25, 0.3) is 0 Å². The first kappa shape index (κ1) is 14.3. The van der Waals surface area contributed by atoms with Crippen LogP contribution in [0.4, 0.5) is 0 Å². The summed E-state index contributed by atoms with van der Waals surface area (Å²) in [6.45, 7) is 11.0. The second kappa shape index (κ2) is 6.85. The van der Waals surface area contributed by atoms with E-state index >= 15 is 0 Å². The molecule has 1 N–H and O–H groups in total. The van der Waals surface area contributed by atoms with Crippen LogP contribution in [0.2, 0.25) is 0 Å². The van der Waals surface area contributed by atoms with Gasteiger partial charge in [0.1, 0.15) is 0 Å². The molecule has 0 aromatic heterocycles. The van der Waals surface area contributed by atoms with Gasteiger partial charge in [0.2, 0.25) is 0 Å². The molecule has 2 rings (SSSR count). The maximum atomic E-state index is 5.86. The van der Waals surface area contributed by atoms with Crippen molar-refractivity contribution >= 4 is 0 Å². The molecule has 106 valence electrons. The van der Waals surface area contributed by atoms with Crippen LogP contribution in [0.15, 0.2) is 0 Å². The van der Waals surface area contributed by atoms with E-state index in [0.717, 1.165) is 26.2 Å². The molecule has 0 bridgehead atoms. The molecule has 4 heteroatoms. The molecular weight excluding hydrogens is 226 g/mol. The van der Waals surface area contributed by atoms with E-state index in [1.807, 2.05) is 0 Å². The van der Waals surface area contributed by atoms with Gasteiger partial charge < -0.3 is 15.0 Å². The van der Waals surface area contributed by atoms with Gasteiger partial charge in [-0.15, -0.1) is 0 Å². The fourth-order valence-electron chi connectivity index (χ4n) is 3.09. The van der Waals surface area contributed by atoms with Crippen molar-refractivity contribution in [1.82, 2.24) is 15.1 Å². The van der Waals surface area contributed by atoms with E-state index in [1.54, 1.807) is 0 Å². The highest BCUT2D eigenvalue weighted by molar-refractivity contribution is 4.82. The van der Waals surface area contributed by atoms with Crippen LogP contribution in [-0.4, -0.2) is 74.4 Å². The highest BCUT2D eigenvalue weighted by Gasteiger charge is 2.25. The third-order valence-corrected chi connectivity index (χ3v) is 3.88. The molecular formula is C14H29N3O. The number of hydrogen-bond donors (Lipinski definition) is 1. The van der Waals surface area contributed by atoms with Gasteiger partial charge >= 0.3 is 0 Å². The minimum Gasteiger partial charge on any atom is -0.374 e. The maximum Gasteiger partial charge on any atom is 0.0829 e. The molecule has 0 aromatic rings. The Morgan fingerprint density at radius 2 is 2.11 bits per heavy atom. The van der Waals surface area contributed by atoms with Gasteiger partial charge in [0.25, 0.3) is 0 Å². The summed E-state index contributed by atoms with van der Waals surface area (Å²) in [5.74, 6) is 0. The van der Waals surface area contributed by atoms with Crippen LogP contribution in [0.3, 0.4) is 0 Å². The molecule has 18 heavy (non-hydrogen) atoms. The van der Waals surface area contributed by atoms with E-state index in [4.69, 9.17) is 4.74 Å². The predicted octanol–water partition coefficient (Wildman–Crippen LogP) is 0.779. The van der Waals surface area contributed by atoms with Crippen molar-refractivity contribution in [2.24, 2.45) is 0 Å². The highest BCUT2D eigenvalue weighted by Crippen LogP contribution is 2.13. The number of rotatable bonds is 4. The molecule has 0 radical (unpaired) electrons. The smallest absolute Gasteiger partial charge is 0.0829 e. The molecule has 0 aromatic carbocycles. The predicted molar refractivity (Wildman–Crippen MR) is 75.0 cm³/mol. The normalized spacial score (nSPS) is 32.0. The molecule has 2 unspecified atom stereocenters. The zero-order valence-electron chi connectivity index (χ0n) is 12.2. The SMILES string of the molecule is CC(C)NC1CCCN(CC2CN(C)CCO2)C1. The number of likely N-dealkylation sites (N-methyl/N-ethyl adjacent to an activating group) is 1. The summed E-state index contributed by atoms with van der Waals surface area (Å²) in [5.41, 5.74) is 0. The van der Waals surface area contributed by atoms with Gasteiger partial charge in [0.15, 0.2) is 0 Å². The van der Waals surface area contributed by atoms with Crippen molar-refractivity contribution in [3.8, 4) is 0 Å². The number of ether oxygens (including phenoxy) is 1.